The van der Waals surface area contributed by atoms with Crippen molar-refractivity contribution >= 4 is 17.7 Å². The van der Waals surface area contributed by atoms with Gasteiger partial charge in [-0.2, -0.15) is 0 Å². The van der Waals surface area contributed by atoms with Crippen LogP contribution in [0.5, 0.6) is 5.75 Å². The first-order valence-electron chi connectivity index (χ1n) is 8.28. The average Bonchev–Trinajstić information content (AvgIpc) is 3.31. The van der Waals surface area contributed by atoms with E-state index in [1.54, 1.807) is 7.11 Å². The van der Waals surface area contributed by atoms with E-state index in [0.29, 0.717) is 17.5 Å². The number of carbonyl (C=O) groups excluding carboxylic acids is 1. The molecule has 0 saturated carbocycles. The maximum absolute atomic E-state index is 12.2. The van der Waals surface area contributed by atoms with Gasteiger partial charge in [0.25, 0.3) is 0 Å². The van der Waals surface area contributed by atoms with Crippen LogP contribution in [0.25, 0.3) is 11.4 Å². The van der Waals surface area contributed by atoms with Gasteiger partial charge in [0.2, 0.25) is 11.1 Å². The van der Waals surface area contributed by atoms with Crippen molar-refractivity contribution in [2.75, 3.05) is 20.3 Å². The first kappa shape index (κ1) is 17.8. The lowest BCUT2D eigenvalue weighted by Gasteiger charge is -2.13. The lowest BCUT2D eigenvalue weighted by molar-refractivity contribution is -0.120. The number of H-pyrrole nitrogens is 1. The highest BCUT2D eigenvalue weighted by atomic mass is 32.2. The molecule has 7 nitrogen and oxygen atoms in total. The summed E-state index contributed by atoms with van der Waals surface area (Å²) in [5.41, 5.74) is 0.913. The Morgan fingerprint density at radius 2 is 2.28 bits per heavy atom. The smallest absolute Gasteiger partial charge is 0.233 e. The number of hydrogen-bond acceptors (Lipinski definition) is 6. The number of aromatic amines is 1. The summed E-state index contributed by atoms with van der Waals surface area (Å²) in [6, 6.07) is 7.55. The van der Waals surface area contributed by atoms with Gasteiger partial charge in [0.15, 0.2) is 5.82 Å². The molecule has 1 aromatic heterocycles. The van der Waals surface area contributed by atoms with Gasteiger partial charge < -0.3 is 14.8 Å². The number of hydrogen-bond donors (Lipinski definition) is 2. The first-order chi connectivity index (χ1) is 12.2. The molecule has 0 aliphatic carbocycles. The Bertz CT molecular complexity index is 698. The summed E-state index contributed by atoms with van der Waals surface area (Å²) in [4.78, 5) is 16.6. The molecule has 2 heterocycles. The highest BCUT2D eigenvalue weighted by molar-refractivity contribution is 8.00. The molecular formula is C17H22N4O3S. The van der Waals surface area contributed by atoms with Gasteiger partial charge in [0, 0.05) is 18.7 Å². The number of carbonyl (C=O) groups is 1. The number of ether oxygens (including phenoxy) is 2. The van der Waals surface area contributed by atoms with E-state index in [-0.39, 0.29) is 17.3 Å². The number of nitrogens with zero attached hydrogens (tertiary/aromatic N) is 2. The fraction of sp³-hybridized carbons (Fsp3) is 0.471. The van der Waals surface area contributed by atoms with Crippen molar-refractivity contribution in [2.24, 2.45) is 0 Å². The van der Waals surface area contributed by atoms with Crippen LogP contribution in [0.15, 0.2) is 29.4 Å². The molecule has 2 aromatic rings. The second-order valence-electron chi connectivity index (χ2n) is 5.84. The predicted molar refractivity (Wildman–Crippen MR) is 95.7 cm³/mol. The molecule has 8 heteroatoms. The minimum Gasteiger partial charge on any atom is -0.497 e. The fourth-order valence-electron chi connectivity index (χ4n) is 2.55. The van der Waals surface area contributed by atoms with E-state index in [9.17, 15) is 4.79 Å². The molecule has 1 aromatic carbocycles. The van der Waals surface area contributed by atoms with Gasteiger partial charge in [-0.1, -0.05) is 11.8 Å². The summed E-state index contributed by atoms with van der Waals surface area (Å²) in [6.45, 7) is 3.20. The van der Waals surface area contributed by atoms with Crippen molar-refractivity contribution in [3.05, 3.63) is 24.3 Å². The van der Waals surface area contributed by atoms with Crippen molar-refractivity contribution in [3.63, 3.8) is 0 Å². The highest BCUT2D eigenvalue weighted by Gasteiger charge is 2.20. The second-order valence-corrected chi connectivity index (χ2v) is 7.14. The third kappa shape index (κ3) is 4.73. The van der Waals surface area contributed by atoms with Crippen LogP contribution in [-0.4, -0.2) is 52.7 Å². The van der Waals surface area contributed by atoms with Crippen LogP contribution in [0.3, 0.4) is 0 Å². The summed E-state index contributed by atoms with van der Waals surface area (Å²) in [5.74, 6) is 1.42. The van der Waals surface area contributed by atoms with Crippen molar-refractivity contribution in [1.82, 2.24) is 20.5 Å². The van der Waals surface area contributed by atoms with Gasteiger partial charge in [0.05, 0.1) is 18.5 Å². The van der Waals surface area contributed by atoms with Crippen LogP contribution in [-0.2, 0) is 9.53 Å². The Balaban J connectivity index is 1.53. The zero-order chi connectivity index (χ0) is 17.6. The Morgan fingerprint density at radius 3 is 2.96 bits per heavy atom. The van der Waals surface area contributed by atoms with Gasteiger partial charge in [-0.25, -0.2) is 4.98 Å². The topological polar surface area (TPSA) is 89.1 Å². The molecule has 134 valence electrons. The van der Waals surface area contributed by atoms with Gasteiger partial charge in [-0.15, -0.1) is 5.10 Å². The average molecular weight is 362 g/mol. The number of benzene rings is 1. The van der Waals surface area contributed by atoms with E-state index in [1.165, 1.54) is 11.8 Å². The van der Waals surface area contributed by atoms with Crippen LogP contribution in [0.4, 0.5) is 0 Å². The molecule has 1 saturated heterocycles. The standard InChI is InChI=1S/C17H22N4O3S/c1-11(16(22)18-10-14-4-3-9-24-14)25-17-19-15(20-21-17)12-5-7-13(23-2)8-6-12/h5-8,11,14H,3-4,9-10H2,1-2H3,(H,18,22)(H,19,20,21)/t11-,14-/m1/s1. The van der Waals surface area contributed by atoms with E-state index in [2.05, 4.69) is 20.5 Å². The summed E-state index contributed by atoms with van der Waals surface area (Å²) < 4.78 is 10.7. The third-order valence-corrected chi connectivity index (χ3v) is 4.97. The zero-order valence-electron chi connectivity index (χ0n) is 14.3. The fourth-order valence-corrected chi connectivity index (χ4v) is 3.30. The number of rotatable bonds is 7. The molecule has 1 fully saturated rings. The molecule has 1 aliphatic rings. The molecule has 0 radical (unpaired) electrons. The normalized spacial score (nSPS) is 18.1. The number of nitrogens with one attached hydrogen (secondary N) is 2. The number of aromatic nitrogens is 3. The lowest BCUT2D eigenvalue weighted by atomic mass is 10.2. The van der Waals surface area contributed by atoms with E-state index in [1.807, 2.05) is 31.2 Å². The number of amides is 1. The van der Waals surface area contributed by atoms with Gasteiger partial charge >= 0.3 is 0 Å². The van der Waals surface area contributed by atoms with E-state index < -0.39 is 0 Å². The Morgan fingerprint density at radius 1 is 1.48 bits per heavy atom. The molecule has 2 N–H and O–H groups in total. The van der Waals surface area contributed by atoms with Gasteiger partial charge in [0.1, 0.15) is 5.75 Å². The zero-order valence-corrected chi connectivity index (χ0v) is 15.1. The quantitative estimate of drug-likeness (QED) is 0.735. The molecule has 1 aliphatic heterocycles. The third-order valence-electron chi connectivity index (χ3n) is 4.01. The monoisotopic (exact) mass is 362 g/mol. The van der Waals surface area contributed by atoms with Crippen molar-refractivity contribution in [2.45, 2.75) is 36.3 Å². The summed E-state index contributed by atoms with van der Waals surface area (Å²) >= 11 is 1.33. The van der Waals surface area contributed by atoms with Crippen LogP contribution >= 0.6 is 11.8 Å². The SMILES string of the molecule is COc1ccc(-c2nc(S[C@H](C)C(=O)NC[C@H]3CCCO3)n[nH]2)cc1. The minimum atomic E-state index is -0.277. The summed E-state index contributed by atoms with van der Waals surface area (Å²) in [5, 5.41) is 10.3. The minimum absolute atomic E-state index is 0.0312. The molecule has 1 amide bonds. The molecule has 0 bridgehead atoms. The largest absolute Gasteiger partial charge is 0.497 e. The molecule has 3 rings (SSSR count). The van der Waals surface area contributed by atoms with Crippen molar-refractivity contribution < 1.29 is 14.3 Å². The van der Waals surface area contributed by atoms with Crippen molar-refractivity contribution in [3.8, 4) is 17.1 Å². The first-order valence-corrected chi connectivity index (χ1v) is 9.16. The predicted octanol–water partition coefficient (Wildman–Crippen LogP) is 2.26. The van der Waals surface area contributed by atoms with Gasteiger partial charge in [-0.3, -0.25) is 9.89 Å². The number of methoxy groups -OCH3 is 1. The Hall–Kier alpha value is -2.06. The second kappa shape index (κ2) is 8.35. The molecular weight excluding hydrogens is 340 g/mol. The van der Waals surface area contributed by atoms with Crippen LogP contribution < -0.4 is 10.1 Å². The van der Waals surface area contributed by atoms with E-state index in [4.69, 9.17) is 9.47 Å². The maximum Gasteiger partial charge on any atom is 0.233 e. The van der Waals surface area contributed by atoms with Crippen LogP contribution in [0.1, 0.15) is 19.8 Å². The van der Waals surface area contributed by atoms with E-state index >= 15 is 0 Å². The molecule has 0 unspecified atom stereocenters. The van der Waals surface area contributed by atoms with Crippen molar-refractivity contribution in [1.29, 1.82) is 0 Å². The molecule has 0 spiro atoms. The van der Waals surface area contributed by atoms with Crippen LogP contribution in [0, 0.1) is 0 Å². The Kier molecular flexibility index (Phi) is 5.93. The molecule has 25 heavy (non-hydrogen) atoms. The maximum atomic E-state index is 12.2. The van der Waals surface area contributed by atoms with Crippen LogP contribution in [0.2, 0.25) is 0 Å². The number of thioether (sulfide) groups is 1. The van der Waals surface area contributed by atoms with Gasteiger partial charge in [-0.05, 0) is 44.0 Å². The Labute approximate surface area is 150 Å². The summed E-state index contributed by atoms with van der Waals surface area (Å²) in [6.07, 6.45) is 2.22. The molecule has 2 atom stereocenters. The highest BCUT2D eigenvalue weighted by Crippen LogP contribution is 2.24. The lowest BCUT2D eigenvalue weighted by Crippen LogP contribution is -2.36. The summed E-state index contributed by atoms with van der Waals surface area (Å²) in [7, 11) is 1.63. The van der Waals surface area contributed by atoms with E-state index in [0.717, 1.165) is 30.8 Å².